The number of nitrogens with zero attached hydrogens (tertiary/aromatic N) is 3. The summed E-state index contributed by atoms with van der Waals surface area (Å²) in [5.41, 5.74) is 1.03. The monoisotopic (exact) mass is 238 g/mol. The first kappa shape index (κ1) is 12.5. The lowest BCUT2D eigenvalue weighted by Gasteiger charge is -2.17. The van der Waals surface area contributed by atoms with E-state index in [1.54, 1.807) is 4.68 Å². The van der Waals surface area contributed by atoms with E-state index in [2.05, 4.69) is 22.6 Å². The van der Waals surface area contributed by atoms with Gasteiger partial charge in [-0.15, -0.1) is 5.10 Å². The first-order chi connectivity index (χ1) is 8.29. The summed E-state index contributed by atoms with van der Waals surface area (Å²) in [4.78, 5) is 0. The third-order valence-electron chi connectivity index (χ3n) is 3.23. The first-order valence-corrected chi connectivity index (χ1v) is 6.50. The third kappa shape index (κ3) is 3.51. The highest BCUT2D eigenvalue weighted by molar-refractivity contribution is 5.00. The highest BCUT2D eigenvalue weighted by Crippen LogP contribution is 2.22. The average Bonchev–Trinajstić information content (AvgIpc) is 2.95. The summed E-state index contributed by atoms with van der Waals surface area (Å²) >= 11 is 0. The van der Waals surface area contributed by atoms with Gasteiger partial charge in [-0.1, -0.05) is 12.1 Å². The Bertz CT molecular complexity index is 333. The Morgan fingerprint density at radius 1 is 1.65 bits per heavy atom. The molecule has 1 N–H and O–H groups in total. The molecule has 0 radical (unpaired) electrons. The van der Waals surface area contributed by atoms with Gasteiger partial charge in [0, 0.05) is 19.9 Å². The minimum Gasteiger partial charge on any atom is -0.378 e. The SMILES string of the molecule is CCNC(CCC1CCCO1)c1cn(C)nn1. The normalized spacial score (nSPS) is 21.9. The van der Waals surface area contributed by atoms with E-state index < -0.39 is 0 Å². The van der Waals surface area contributed by atoms with Gasteiger partial charge in [0.15, 0.2) is 0 Å². The molecule has 0 saturated carbocycles. The molecule has 2 heterocycles. The molecule has 1 aromatic rings. The summed E-state index contributed by atoms with van der Waals surface area (Å²) in [5.74, 6) is 0. The van der Waals surface area contributed by atoms with Gasteiger partial charge >= 0.3 is 0 Å². The van der Waals surface area contributed by atoms with Gasteiger partial charge in [-0.2, -0.15) is 0 Å². The van der Waals surface area contributed by atoms with Crippen LogP contribution in [0.5, 0.6) is 0 Å². The molecule has 2 unspecified atom stereocenters. The molecule has 0 bridgehead atoms. The predicted octanol–water partition coefficient (Wildman–Crippen LogP) is 1.42. The van der Waals surface area contributed by atoms with Gasteiger partial charge in [0.05, 0.1) is 17.8 Å². The molecular weight excluding hydrogens is 216 g/mol. The molecule has 0 aliphatic carbocycles. The number of nitrogens with one attached hydrogen (secondary N) is 1. The smallest absolute Gasteiger partial charge is 0.0996 e. The maximum atomic E-state index is 5.65. The molecule has 2 rings (SSSR count). The summed E-state index contributed by atoms with van der Waals surface area (Å²) in [7, 11) is 1.90. The van der Waals surface area contributed by atoms with E-state index in [0.717, 1.165) is 31.7 Å². The average molecular weight is 238 g/mol. The topological polar surface area (TPSA) is 52.0 Å². The van der Waals surface area contributed by atoms with Crippen LogP contribution in [0.3, 0.4) is 0 Å². The zero-order chi connectivity index (χ0) is 12.1. The van der Waals surface area contributed by atoms with Crippen molar-refractivity contribution in [3.63, 3.8) is 0 Å². The van der Waals surface area contributed by atoms with Crippen LogP contribution in [0.25, 0.3) is 0 Å². The molecule has 1 aliphatic rings. The Hall–Kier alpha value is -0.940. The van der Waals surface area contributed by atoms with Crippen molar-refractivity contribution in [1.29, 1.82) is 0 Å². The summed E-state index contributed by atoms with van der Waals surface area (Å²) in [6, 6.07) is 0.304. The zero-order valence-corrected chi connectivity index (χ0v) is 10.7. The van der Waals surface area contributed by atoms with Crippen LogP contribution in [-0.2, 0) is 11.8 Å². The van der Waals surface area contributed by atoms with E-state index in [-0.39, 0.29) is 0 Å². The van der Waals surface area contributed by atoms with Crippen molar-refractivity contribution in [2.45, 2.75) is 44.8 Å². The fourth-order valence-electron chi connectivity index (χ4n) is 2.35. The number of ether oxygens (including phenoxy) is 1. The number of aryl methyl sites for hydroxylation is 1. The second-order valence-corrected chi connectivity index (χ2v) is 4.64. The molecule has 1 fully saturated rings. The van der Waals surface area contributed by atoms with Crippen LogP contribution in [0.2, 0.25) is 0 Å². The van der Waals surface area contributed by atoms with Crippen LogP contribution in [0, 0.1) is 0 Å². The van der Waals surface area contributed by atoms with E-state index in [4.69, 9.17) is 4.74 Å². The largest absolute Gasteiger partial charge is 0.378 e. The highest BCUT2D eigenvalue weighted by atomic mass is 16.5. The fraction of sp³-hybridized carbons (Fsp3) is 0.833. The maximum Gasteiger partial charge on any atom is 0.0996 e. The molecule has 0 aromatic carbocycles. The van der Waals surface area contributed by atoms with Crippen molar-refractivity contribution in [3.8, 4) is 0 Å². The van der Waals surface area contributed by atoms with Gasteiger partial charge in [-0.05, 0) is 32.2 Å². The van der Waals surface area contributed by atoms with Crippen molar-refractivity contribution >= 4 is 0 Å². The maximum absolute atomic E-state index is 5.65. The Morgan fingerprint density at radius 2 is 2.53 bits per heavy atom. The molecule has 96 valence electrons. The van der Waals surface area contributed by atoms with Crippen LogP contribution in [0.1, 0.15) is 44.3 Å². The van der Waals surface area contributed by atoms with Crippen molar-refractivity contribution in [2.75, 3.05) is 13.2 Å². The number of rotatable bonds is 6. The van der Waals surface area contributed by atoms with Crippen molar-refractivity contribution in [2.24, 2.45) is 7.05 Å². The van der Waals surface area contributed by atoms with Crippen LogP contribution in [0.4, 0.5) is 0 Å². The lowest BCUT2D eigenvalue weighted by Crippen LogP contribution is -2.22. The van der Waals surface area contributed by atoms with Gasteiger partial charge < -0.3 is 10.1 Å². The molecule has 5 nitrogen and oxygen atoms in total. The van der Waals surface area contributed by atoms with E-state index >= 15 is 0 Å². The van der Waals surface area contributed by atoms with Gasteiger partial charge in [-0.3, -0.25) is 4.68 Å². The van der Waals surface area contributed by atoms with Gasteiger partial charge in [0.25, 0.3) is 0 Å². The standard InChI is InChI=1S/C12H22N4O/c1-3-13-11(12-9-16(2)15-14-12)7-6-10-5-4-8-17-10/h9-11,13H,3-8H2,1-2H3. The first-order valence-electron chi connectivity index (χ1n) is 6.50. The zero-order valence-electron chi connectivity index (χ0n) is 10.7. The van der Waals surface area contributed by atoms with Crippen LogP contribution in [-0.4, -0.2) is 34.2 Å². The number of aromatic nitrogens is 3. The Labute approximate surface area is 103 Å². The molecular formula is C12H22N4O. The van der Waals surface area contributed by atoms with E-state index in [9.17, 15) is 0 Å². The molecule has 1 saturated heterocycles. The van der Waals surface area contributed by atoms with Crippen LogP contribution < -0.4 is 5.32 Å². The van der Waals surface area contributed by atoms with E-state index in [0.29, 0.717) is 12.1 Å². The minimum atomic E-state index is 0.304. The molecule has 0 spiro atoms. The summed E-state index contributed by atoms with van der Waals surface area (Å²) < 4.78 is 7.41. The van der Waals surface area contributed by atoms with Crippen molar-refractivity contribution in [1.82, 2.24) is 20.3 Å². The van der Waals surface area contributed by atoms with Crippen molar-refractivity contribution < 1.29 is 4.74 Å². The Kier molecular flexibility index (Phi) is 4.50. The van der Waals surface area contributed by atoms with E-state index in [1.165, 1.54) is 12.8 Å². The van der Waals surface area contributed by atoms with Gasteiger partial charge in [0.1, 0.15) is 0 Å². The lowest BCUT2D eigenvalue weighted by molar-refractivity contribution is 0.0995. The Balaban J connectivity index is 1.87. The molecule has 5 heteroatoms. The minimum absolute atomic E-state index is 0.304. The lowest BCUT2D eigenvalue weighted by atomic mass is 10.0. The molecule has 2 atom stereocenters. The number of hydrogen-bond donors (Lipinski definition) is 1. The third-order valence-corrected chi connectivity index (χ3v) is 3.23. The van der Waals surface area contributed by atoms with Crippen LogP contribution in [0.15, 0.2) is 6.20 Å². The molecule has 0 amide bonds. The molecule has 1 aromatic heterocycles. The van der Waals surface area contributed by atoms with Gasteiger partial charge in [-0.25, -0.2) is 0 Å². The van der Waals surface area contributed by atoms with E-state index in [1.807, 2.05) is 13.2 Å². The van der Waals surface area contributed by atoms with Crippen LogP contribution >= 0.6 is 0 Å². The fourth-order valence-corrected chi connectivity index (χ4v) is 2.35. The van der Waals surface area contributed by atoms with Crippen molar-refractivity contribution in [3.05, 3.63) is 11.9 Å². The quantitative estimate of drug-likeness (QED) is 0.814. The molecule has 1 aliphatic heterocycles. The summed E-state index contributed by atoms with van der Waals surface area (Å²) in [6.45, 7) is 4.00. The molecule has 17 heavy (non-hydrogen) atoms. The predicted molar refractivity (Wildman–Crippen MR) is 65.6 cm³/mol. The summed E-state index contributed by atoms with van der Waals surface area (Å²) in [6.07, 6.45) is 7.03. The Morgan fingerprint density at radius 3 is 3.12 bits per heavy atom. The number of hydrogen-bond acceptors (Lipinski definition) is 4. The second kappa shape index (κ2) is 6.12. The summed E-state index contributed by atoms with van der Waals surface area (Å²) in [5, 5.41) is 11.6. The van der Waals surface area contributed by atoms with Gasteiger partial charge in [0.2, 0.25) is 0 Å². The highest BCUT2D eigenvalue weighted by Gasteiger charge is 2.19. The second-order valence-electron chi connectivity index (χ2n) is 4.64.